The molecule has 1 aromatic carbocycles. The average molecular weight is 399 g/mol. The van der Waals surface area contributed by atoms with E-state index in [1.165, 1.54) is 10.9 Å². The van der Waals surface area contributed by atoms with E-state index in [4.69, 9.17) is 0 Å². The number of nitrogens with one attached hydrogen (secondary N) is 2. The smallest absolute Gasteiger partial charge is 0.281 e. The number of carbonyl (C=O) groups is 1. The first kappa shape index (κ1) is 19.3. The second-order valence-corrected chi connectivity index (χ2v) is 7.33. The number of benzene rings is 1. The Morgan fingerprint density at radius 2 is 2.07 bits per heavy atom. The Morgan fingerprint density at radius 1 is 1.28 bits per heavy atom. The number of alkyl halides is 2. The van der Waals surface area contributed by atoms with Gasteiger partial charge in [0.2, 0.25) is 0 Å². The Balaban J connectivity index is 1.46. The molecule has 1 unspecified atom stereocenters. The molecule has 0 spiro atoms. The summed E-state index contributed by atoms with van der Waals surface area (Å²) >= 11 is 0. The molecule has 1 fully saturated rings. The summed E-state index contributed by atoms with van der Waals surface area (Å²) in [6.45, 7) is 0.794. The standard InChI is InChI=1S/C21H23F2N5O/c1-24-20(29)17-11-16-7-10-28(19(16)25-12-17)26-18-8-9-27(14-21(18,22)23)13-15-5-3-2-4-6-15/h2-7,10-12,18,26H,8-9,13-14H2,1H3,(H,24,29). The van der Waals surface area contributed by atoms with Crippen LogP contribution in [0, 0.1) is 0 Å². The van der Waals surface area contributed by atoms with Crippen LogP contribution in [0.4, 0.5) is 8.78 Å². The van der Waals surface area contributed by atoms with Crippen molar-refractivity contribution in [2.45, 2.75) is 24.9 Å². The average Bonchev–Trinajstić information content (AvgIpc) is 3.12. The third-order valence-corrected chi connectivity index (χ3v) is 5.24. The molecule has 1 saturated heterocycles. The second kappa shape index (κ2) is 7.79. The number of halogens is 2. The number of hydrogen-bond donors (Lipinski definition) is 2. The SMILES string of the molecule is CNC(=O)c1cnc2c(ccn2NC2CCN(Cc3ccccc3)CC2(F)F)c1. The van der Waals surface area contributed by atoms with Gasteiger partial charge in [0.05, 0.1) is 12.1 Å². The molecular weight excluding hydrogens is 376 g/mol. The lowest BCUT2D eigenvalue weighted by molar-refractivity contribution is -0.0786. The Morgan fingerprint density at radius 3 is 2.79 bits per heavy atom. The number of amides is 1. The lowest BCUT2D eigenvalue weighted by atomic mass is 10.0. The molecule has 3 aromatic rings. The molecule has 1 aliphatic rings. The summed E-state index contributed by atoms with van der Waals surface area (Å²) in [7, 11) is 1.55. The van der Waals surface area contributed by atoms with E-state index in [0.717, 1.165) is 5.56 Å². The van der Waals surface area contributed by atoms with Gasteiger partial charge in [0.15, 0.2) is 5.65 Å². The molecule has 29 heavy (non-hydrogen) atoms. The van der Waals surface area contributed by atoms with Crippen molar-refractivity contribution in [1.82, 2.24) is 19.9 Å². The summed E-state index contributed by atoms with van der Waals surface area (Å²) < 4.78 is 31.2. The number of hydrogen-bond acceptors (Lipinski definition) is 4. The first-order valence-electron chi connectivity index (χ1n) is 9.56. The maximum Gasteiger partial charge on any atom is 0.281 e. The molecule has 1 aliphatic heterocycles. The van der Waals surface area contributed by atoms with Crippen molar-refractivity contribution >= 4 is 16.9 Å². The maximum absolute atomic E-state index is 14.8. The van der Waals surface area contributed by atoms with Crippen molar-refractivity contribution in [2.75, 3.05) is 25.6 Å². The van der Waals surface area contributed by atoms with Gasteiger partial charge in [0.25, 0.3) is 11.8 Å². The van der Waals surface area contributed by atoms with E-state index in [0.29, 0.717) is 36.1 Å². The van der Waals surface area contributed by atoms with Crippen LogP contribution in [0.1, 0.15) is 22.3 Å². The molecule has 152 valence electrons. The van der Waals surface area contributed by atoms with Crippen LogP contribution in [0.5, 0.6) is 0 Å². The minimum atomic E-state index is -2.88. The monoisotopic (exact) mass is 399 g/mol. The van der Waals surface area contributed by atoms with Crippen LogP contribution < -0.4 is 10.7 Å². The molecule has 0 radical (unpaired) electrons. The molecule has 8 heteroatoms. The van der Waals surface area contributed by atoms with Gasteiger partial charge in [-0.3, -0.25) is 9.69 Å². The van der Waals surface area contributed by atoms with Crippen LogP contribution in [0.15, 0.2) is 54.9 Å². The molecule has 0 saturated carbocycles. The molecule has 1 amide bonds. The lowest BCUT2D eigenvalue weighted by Gasteiger charge is -2.39. The van der Waals surface area contributed by atoms with Gasteiger partial charge >= 0.3 is 0 Å². The molecule has 0 bridgehead atoms. The Kier molecular flexibility index (Phi) is 5.19. The van der Waals surface area contributed by atoms with Crippen molar-refractivity contribution in [3.8, 4) is 0 Å². The fourth-order valence-corrected chi connectivity index (χ4v) is 3.71. The summed E-state index contributed by atoms with van der Waals surface area (Å²) in [6.07, 6.45) is 3.42. The summed E-state index contributed by atoms with van der Waals surface area (Å²) in [4.78, 5) is 17.8. The fraction of sp³-hybridized carbons (Fsp3) is 0.333. The topological polar surface area (TPSA) is 62.2 Å². The highest BCUT2D eigenvalue weighted by Gasteiger charge is 2.45. The number of nitrogens with zero attached hydrogens (tertiary/aromatic N) is 3. The van der Waals surface area contributed by atoms with Crippen LogP contribution >= 0.6 is 0 Å². The van der Waals surface area contributed by atoms with Gasteiger partial charge in [-0.05, 0) is 24.1 Å². The highest BCUT2D eigenvalue weighted by molar-refractivity contribution is 5.96. The number of carbonyl (C=O) groups excluding carboxylic acids is 1. The summed E-state index contributed by atoms with van der Waals surface area (Å²) in [5, 5.41) is 3.26. The summed E-state index contributed by atoms with van der Waals surface area (Å²) in [5.74, 6) is -3.12. The van der Waals surface area contributed by atoms with Crippen LogP contribution in [-0.2, 0) is 6.54 Å². The van der Waals surface area contributed by atoms with Crippen LogP contribution in [0.3, 0.4) is 0 Å². The first-order chi connectivity index (χ1) is 14.0. The Labute approximate surface area is 167 Å². The molecule has 3 heterocycles. The zero-order valence-electron chi connectivity index (χ0n) is 16.1. The molecule has 2 aromatic heterocycles. The van der Waals surface area contributed by atoms with Gasteiger partial charge in [0, 0.05) is 37.9 Å². The molecule has 1 atom stereocenters. The second-order valence-electron chi connectivity index (χ2n) is 7.33. The van der Waals surface area contributed by atoms with Crippen molar-refractivity contribution in [1.29, 1.82) is 0 Å². The van der Waals surface area contributed by atoms with Crippen molar-refractivity contribution in [3.05, 3.63) is 66.0 Å². The fourth-order valence-electron chi connectivity index (χ4n) is 3.71. The zero-order chi connectivity index (χ0) is 20.4. The van der Waals surface area contributed by atoms with Gasteiger partial charge in [-0.25, -0.2) is 18.4 Å². The van der Waals surface area contributed by atoms with E-state index in [1.807, 2.05) is 30.3 Å². The molecule has 0 aliphatic carbocycles. The van der Waals surface area contributed by atoms with E-state index < -0.39 is 12.0 Å². The maximum atomic E-state index is 14.8. The highest BCUT2D eigenvalue weighted by Crippen LogP contribution is 2.29. The zero-order valence-corrected chi connectivity index (χ0v) is 16.1. The van der Waals surface area contributed by atoms with Crippen molar-refractivity contribution in [2.24, 2.45) is 0 Å². The number of likely N-dealkylation sites (tertiary alicyclic amines) is 1. The number of pyridine rings is 1. The third kappa shape index (κ3) is 4.07. The molecule has 2 N–H and O–H groups in total. The Hall–Kier alpha value is -3.00. The number of aromatic nitrogens is 2. The van der Waals surface area contributed by atoms with E-state index in [-0.39, 0.29) is 12.5 Å². The largest absolute Gasteiger partial charge is 0.355 e. The number of rotatable bonds is 5. The van der Waals surface area contributed by atoms with Crippen LogP contribution in [-0.4, -0.2) is 52.6 Å². The van der Waals surface area contributed by atoms with Crippen LogP contribution in [0.2, 0.25) is 0 Å². The highest BCUT2D eigenvalue weighted by atomic mass is 19.3. The minimum Gasteiger partial charge on any atom is -0.355 e. The minimum absolute atomic E-state index is 0.238. The Bertz CT molecular complexity index is 1000. The summed E-state index contributed by atoms with van der Waals surface area (Å²) in [6, 6.07) is 12.1. The van der Waals surface area contributed by atoms with E-state index in [1.54, 1.807) is 30.3 Å². The van der Waals surface area contributed by atoms with E-state index >= 15 is 0 Å². The van der Waals surface area contributed by atoms with Gasteiger partial charge in [-0.2, -0.15) is 0 Å². The lowest BCUT2D eigenvalue weighted by Crippen LogP contribution is -2.55. The van der Waals surface area contributed by atoms with Crippen molar-refractivity contribution in [3.63, 3.8) is 0 Å². The van der Waals surface area contributed by atoms with Gasteiger partial charge < -0.3 is 10.7 Å². The predicted octanol–water partition coefficient (Wildman–Crippen LogP) is 2.85. The molecule has 4 rings (SSSR count). The molecule has 6 nitrogen and oxygen atoms in total. The van der Waals surface area contributed by atoms with Gasteiger partial charge in [-0.1, -0.05) is 30.3 Å². The van der Waals surface area contributed by atoms with Gasteiger partial charge in [-0.15, -0.1) is 0 Å². The first-order valence-corrected chi connectivity index (χ1v) is 9.56. The number of piperidine rings is 1. The van der Waals surface area contributed by atoms with Crippen LogP contribution in [0.25, 0.3) is 11.0 Å². The number of fused-ring (bicyclic) bond motifs is 1. The predicted molar refractivity (Wildman–Crippen MR) is 108 cm³/mol. The van der Waals surface area contributed by atoms with Gasteiger partial charge in [0.1, 0.15) is 6.04 Å². The third-order valence-electron chi connectivity index (χ3n) is 5.24. The van der Waals surface area contributed by atoms with E-state index in [2.05, 4.69) is 15.7 Å². The quantitative estimate of drug-likeness (QED) is 0.693. The normalized spacial score (nSPS) is 19.2. The molecular formula is C21H23F2N5O. The van der Waals surface area contributed by atoms with E-state index in [9.17, 15) is 13.6 Å². The van der Waals surface area contributed by atoms with Crippen molar-refractivity contribution < 1.29 is 13.6 Å². The summed E-state index contributed by atoms with van der Waals surface area (Å²) in [5.41, 5.74) is 4.89.